The van der Waals surface area contributed by atoms with Crippen molar-refractivity contribution < 1.29 is 14.3 Å². The molecule has 7 heteroatoms. The van der Waals surface area contributed by atoms with Crippen LogP contribution in [-0.2, 0) is 9.53 Å². The van der Waals surface area contributed by atoms with Crippen LogP contribution < -0.4 is 16.6 Å². The summed E-state index contributed by atoms with van der Waals surface area (Å²) in [5, 5.41) is 2.66. The summed E-state index contributed by atoms with van der Waals surface area (Å²) in [4.78, 5) is 38.6. The van der Waals surface area contributed by atoms with Crippen LogP contribution in [0, 0.1) is 0 Å². The Labute approximate surface area is 193 Å². The summed E-state index contributed by atoms with van der Waals surface area (Å²) < 4.78 is 6.36. The zero-order valence-electron chi connectivity index (χ0n) is 18.6. The molecule has 0 aliphatic carbocycles. The maximum Gasteiger partial charge on any atom is 0.328 e. The van der Waals surface area contributed by atoms with Gasteiger partial charge in [0, 0.05) is 6.20 Å². The van der Waals surface area contributed by atoms with Crippen molar-refractivity contribution in [1.82, 2.24) is 9.88 Å². The molecule has 0 fully saturated rings. The van der Waals surface area contributed by atoms with Gasteiger partial charge in [-0.3, -0.25) is 9.59 Å². The molecule has 3 aromatic rings. The van der Waals surface area contributed by atoms with Gasteiger partial charge >= 0.3 is 5.97 Å². The summed E-state index contributed by atoms with van der Waals surface area (Å²) in [6, 6.07) is 21.1. The number of amides is 1. The van der Waals surface area contributed by atoms with Crippen LogP contribution in [0.25, 0.3) is 0 Å². The first-order valence-corrected chi connectivity index (χ1v) is 11.0. The molecule has 0 saturated heterocycles. The number of hydrogen-bond acceptors (Lipinski definition) is 5. The molecule has 172 valence electrons. The van der Waals surface area contributed by atoms with Gasteiger partial charge in [0.1, 0.15) is 11.6 Å². The van der Waals surface area contributed by atoms with E-state index in [1.165, 1.54) is 13.2 Å². The Kier molecular flexibility index (Phi) is 8.55. The molecule has 1 unspecified atom stereocenters. The van der Waals surface area contributed by atoms with E-state index in [4.69, 9.17) is 10.5 Å². The SMILES string of the molecule is COC(=O)C(CCCCN)NC(=O)c1cccn(C(c2ccccc2)c2ccccc2)c1=O. The fourth-order valence-electron chi connectivity index (χ4n) is 3.79. The topological polar surface area (TPSA) is 103 Å². The molecule has 0 spiro atoms. The Balaban J connectivity index is 1.96. The monoisotopic (exact) mass is 447 g/mol. The second-order valence-corrected chi connectivity index (χ2v) is 7.69. The third-order valence-electron chi connectivity index (χ3n) is 5.47. The molecule has 0 saturated carbocycles. The molecular weight excluding hydrogens is 418 g/mol. The molecule has 3 N–H and O–H groups in total. The predicted octanol–water partition coefficient (Wildman–Crippen LogP) is 2.89. The third-order valence-corrected chi connectivity index (χ3v) is 5.47. The molecule has 2 aromatic carbocycles. The average Bonchev–Trinajstić information content (AvgIpc) is 2.85. The van der Waals surface area contributed by atoms with Crippen LogP contribution in [0.15, 0.2) is 83.8 Å². The largest absolute Gasteiger partial charge is 0.467 e. The van der Waals surface area contributed by atoms with E-state index < -0.39 is 29.5 Å². The Morgan fingerprint density at radius 1 is 0.939 bits per heavy atom. The minimum absolute atomic E-state index is 0.0397. The second kappa shape index (κ2) is 11.8. The van der Waals surface area contributed by atoms with Crippen LogP contribution in [0.4, 0.5) is 0 Å². The van der Waals surface area contributed by atoms with Crippen molar-refractivity contribution in [2.45, 2.75) is 31.3 Å². The summed E-state index contributed by atoms with van der Waals surface area (Å²) in [5.41, 5.74) is 6.87. The van der Waals surface area contributed by atoms with E-state index in [0.29, 0.717) is 19.4 Å². The number of rotatable bonds is 10. The molecule has 1 heterocycles. The molecule has 0 bridgehead atoms. The summed E-state index contributed by atoms with van der Waals surface area (Å²) in [6.45, 7) is 0.492. The van der Waals surface area contributed by atoms with Gasteiger partial charge < -0.3 is 20.4 Å². The van der Waals surface area contributed by atoms with Gasteiger partial charge in [-0.25, -0.2) is 4.79 Å². The normalized spacial score (nSPS) is 11.7. The zero-order valence-corrected chi connectivity index (χ0v) is 18.6. The number of carbonyl (C=O) groups excluding carboxylic acids is 2. The number of unbranched alkanes of at least 4 members (excludes halogenated alkanes) is 1. The van der Waals surface area contributed by atoms with E-state index in [1.807, 2.05) is 60.7 Å². The van der Waals surface area contributed by atoms with Crippen LogP contribution in [0.5, 0.6) is 0 Å². The number of benzene rings is 2. The van der Waals surface area contributed by atoms with Crippen LogP contribution in [0.1, 0.15) is 46.8 Å². The standard InChI is InChI=1S/C26H29N3O4/c1-33-26(32)22(16-8-9-17-27)28-24(30)21-15-10-18-29(25(21)31)23(19-11-4-2-5-12-19)20-13-6-3-7-14-20/h2-7,10-15,18,22-23H,8-9,16-17,27H2,1H3,(H,28,30). The minimum atomic E-state index is -0.846. The van der Waals surface area contributed by atoms with E-state index in [9.17, 15) is 14.4 Å². The first-order valence-electron chi connectivity index (χ1n) is 11.0. The molecule has 0 aliphatic heterocycles. The number of ether oxygens (including phenoxy) is 1. The average molecular weight is 448 g/mol. The first-order chi connectivity index (χ1) is 16.1. The number of pyridine rings is 1. The van der Waals surface area contributed by atoms with E-state index in [2.05, 4.69) is 5.32 Å². The first kappa shape index (κ1) is 23.9. The minimum Gasteiger partial charge on any atom is -0.467 e. The van der Waals surface area contributed by atoms with Gasteiger partial charge in [0.2, 0.25) is 0 Å². The summed E-state index contributed by atoms with van der Waals surface area (Å²) in [5.74, 6) is -1.17. The molecule has 7 nitrogen and oxygen atoms in total. The lowest BCUT2D eigenvalue weighted by Gasteiger charge is -2.22. The third kappa shape index (κ3) is 5.96. The van der Waals surface area contributed by atoms with Crippen molar-refractivity contribution in [3.05, 3.63) is 106 Å². The highest BCUT2D eigenvalue weighted by Crippen LogP contribution is 2.25. The lowest BCUT2D eigenvalue weighted by Crippen LogP contribution is -2.44. The maximum atomic E-state index is 13.4. The Morgan fingerprint density at radius 2 is 1.55 bits per heavy atom. The molecule has 1 amide bonds. The van der Waals surface area contributed by atoms with Gasteiger partial charge in [-0.15, -0.1) is 0 Å². The fraction of sp³-hybridized carbons (Fsp3) is 0.269. The van der Waals surface area contributed by atoms with E-state index in [-0.39, 0.29) is 5.56 Å². The number of carbonyl (C=O) groups is 2. The lowest BCUT2D eigenvalue weighted by molar-refractivity contribution is -0.143. The van der Waals surface area contributed by atoms with Gasteiger partial charge in [-0.1, -0.05) is 60.7 Å². The van der Waals surface area contributed by atoms with Gasteiger partial charge in [-0.2, -0.15) is 0 Å². The predicted molar refractivity (Wildman–Crippen MR) is 127 cm³/mol. The number of aromatic nitrogens is 1. The van der Waals surface area contributed by atoms with Crippen molar-refractivity contribution in [1.29, 1.82) is 0 Å². The van der Waals surface area contributed by atoms with Gasteiger partial charge in [-0.05, 0) is 49.1 Å². The highest BCUT2D eigenvalue weighted by molar-refractivity contribution is 5.96. The van der Waals surface area contributed by atoms with Crippen LogP contribution in [0.2, 0.25) is 0 Å². The number of nitrogens with zero attached hydrogens (tertiary/aromatic N) is 1. The van der Waals surface area contributed by atoms with Crippen molar-refractivity contribution in [3.63, 3.8) is 0 Å². The maximum absolute atomic E-state index is 13.4. The zero-order chi connectivity index (χ0) is 23.6. The Bertz CT molecular complexity index is 1070. The molecule has 0 aliphatic rings. The summed E-state index contributed by atoms with van der Waals surface area (Å²) in [7, 11) is 1.27. The summed E-state index contributed by atoms with van der Waals surface area (Å²) in [6.07, 6.45) is 3.42. The number of esters is 1. The molecular formula is C26H29N3O4. The molecule has 33 heavy (non-hydrogen) atoms. The highest BCUT2D eigenvalue weighted by atomic mass is 16.5. The van der Waals surface area contributed by atoms with Gasteiger partial charge in [0.25, 0.3) is 11.5 Å². The quantitative estimate of drug-likeness (QED) is 0.367. The summed E-state index contributed by atoms with van der Waals surface area (Å²) >= 11 is 0. The molecule has 0 radical (unpaired) electrons. The van der Waals surface area contributed by atoms with Gasteiger partial charge in [0.15, 0.2) is 0 Å². The van der Waals surface area contributed by atoms with E-state index in [0.717, 1.165) is 17.5 Å². The van der Waals surface area contributed by atoms with Crippen molar-refractivity contribution in [3.8, 4) is 0 Å². The van der Waals surface area contributed by atoms with Crippen LogP contribution in [0.3, 0.4) is 0 Å². The smallest absolute Gasteiger partial charge is 0.328 e. The number of nitrogens with one attached hydrogen (secondary N) is 1. The Morgan fingerprint density at radius 3 is 2.09 bits per heavy atom. The fourth-order valence-corrected chi connectivity index (χ4v) is 3.79. The van der Waals surface area contributed by atoms with Crippen molar-refractivity contribution in [2.75, 3.05) is 13.7 Å². The van der Waals surface area contributed by atoms with Crippen molar-refractivity contribution >= 4 is 11.9 Å². The Hall–Kier alpha value is -3.71. The molecule has 3 rings (SSSR count). The van der Waals surface area contributed by atoms with Crippen molar-refractivity contribution in [2.24, 2.45) is 5.73 Å². The lowest BCUT2D eigenvalue weighted by atomic mass is 9.98. The molecule has 1 aromatic heterocycles. The number of hydrogen-bond donors (Lipinski definition) is 2. The molecule has 1 atom stereocenters. The number of nitrogens with two attached hydrogens (primary N) is 1. The van der Waals surface area contributed by atoms with E-state index in [1.54, 1.807) is 16.8 Å². The van der Waals surface area contributed by atoms with Crippen LogP contribution >= 0.6 is 0 Å². The highest BCUT2D eigenvalue weighted by Gasteiger charge is 2.25. The van der Waals surface area contributed by atoms with Crippen LogP contribution in [-0.4, -0.2) is 36.1 Å². The second-order valence-electron chi connectivity index (χ2n) is 7.69. The van der Waals surface area contributed by atoms with E-state index >= 15 is 0 Å². The number of methoxy groups -OCH3 is 1. The van der Waals surface area contributed by atoms with Gasteiger partial charge in [0.05, 0.1) is 13.2 Å².